The van der Waals surface area contributed by atoms with Crippen LogP contribution in [0.2, 0.25) is 0 Å². The minimum absolute atomic E-state index is 0.341. The number of anilines is 1. The first kappa shape index (κ1) is 13.6. The zero-order valence-corrected chi connectivity index (χ0v) is 12.1. The van der Waals surface area contributed by atoms with E-state index in [-0.39, 0.29) is 0 Å². The molecule has 0 fully saturated rings. The van der Waals surface area contributed by atoms with Crippen molar-refractivity contribution in [2.24, 2.45) is 7.05 Å². The van der Waals surface area contributed by atoms with Crippen LogP contribution in [0.15, 0.2) is 24.3 Å². The highest BCUT2D eigenvalue weighted by molar-refractivity contribution is 5.39. The zero-order valence-electron chi connectivity index (χ0n) is 12.1. The van der Waals surface area contributed by atoms with E-state index in [2.05, 4.69) is 43.0 Å². The van der Waals surface area contributed by atoms with E-state index in [9.17, 15) is 0 Å². The molecule has 0 radical (unpaired) electrons. The minimum atomic E-state index is 0.341. The van der Waals surface area contributed by atoms with Gasteiger partial charge in [0.2, 0.25) is 0 Å². The maximum absolute atomic E-state index is 5.70. The van der Waals surface area contributed by atoms with Gasteiger partial charge in [-0.3, -0.25) is 4.68 Å². The van der Waals surface area contributed by atoms with Gasteiger partial charge in [-0.15, -0.1) is 0 Å². The van der Waals surface area contributed by atoms with Crippen LogP contribution < -0.4 is 5.73 Å². The highest BCUT2D eigenvalue weighted by Gasteiger charge is 2.16. The standard InChI is InChI=1S/C15H22N4/c1-10(2)14-17-15(19(4)18-14)11(3)9-12-5-7-13(16)8-6-12/h5-8,10-11H,9,16H2,1-4H3. The summed E-state index contributed by atoms with van der Waals surface area (Å²) < 4.78 is 1.90. The summed E-state index contributed by atoms with van der Waals surface area (Å²) in [5, 5.41) is 4.47. The van der Waals surface area contributed by atoms with E-state index in [1.54, 1.807) is 0 Å². The van der Waals surface area contributed by atoms with Gasteiger partial charge in [0, 0.05) is 24.6 Å². The van der Waals surface area contributed by atoms with Crippen LogP contribution >= 0.6 is 0 Å². The smallest absolute Gasteiger partial charge is 0.153 e. The molecular weight excluding hydrogens is 236 g/mol. The van der Waals surface area contributed by atoms with Crippen molar-refractivity contribution < 1.29 is 0 Å². The molecule has 0 saturated heterocycles. The van der Waals surface area contributed by atoms with E-state index in [4.69, 9.17) is 5.73 Å². The largest absolute Gasteiger partial charge is 0.399 e. The molecule has 0 aliphatic rings. The van der Waals surface area contributed by atoms with Gasteiger partial charge in [-0.25, -0.2) is 4.98 Å². The Kier molecular flexibility index (Phi) is 3.88. The first-order valence-electron chi connectivity index (χ1n) is 6.72. The topological polar surface area (TPSA) is 56.7 Å². The number of hydrogen-bond donors (Lipinski definition) is 1. The van der Waals surface area contributed by atoms with E-state index in [0.717, 1.165) is 23.8 Å². The number of aromatic nitrogens is 3. The summed E-state index contributed by atoms with van der Waals surface area (Å²) in [4.78, 5) is 4.65. The number of nitrogen functional groups attached to an aromatic ring is 1. The van der Waals surface area contributed by atoms with E-state index in [1.807, 2.05) is 23.9 Å². The molecule has 2 rings (SSSR count). The van der Waals surface area contributed by atoms with Crippen LogP contribution in [-0.2, 0) is 13.5 Å². The van der Waals surface area contributed by atoms with Gasteiger partial charge in [-0.1, -0.05) is 32.9 Å². The molecule has 1 unspecified atom stereocenters. The van der Waals surface area contributed by atoms with Gasteiger partial charge in [-0.2, -0.15) is 5.10 Å². The molecule has 102 valence electrons. The summed E-state index contributed by atoms with van der Waals surface area (Å²) in [5.41, 5.74) is 7.78. The van der Waals surface area contributed by atoms with E-state index < -0.39 is 0 Å². The van der Waals surface area contributed by atoms with Gasteiger partial charge < -0.3 is 5.73 Å². The number of nitrogens with two attached hydrogens (primary N) is 1. The summed E-state index contributed by atoms with van der Waals surface area (Å²) in [6.07, 6.45) is 0.949. The summed E-state index contributed by atoms with van der Waals surface area (Å²) in [6.45, 7) is 6.41. The fraction of sp³-hybridized carbons (Fsp3) is 0.467. The second-order valence-corrected chi connectivity index (χ2v) is 5.45. The van der Waals surface area contributed by atoms with Crippen LogP contribution in [-0.4, -0.2) is 14.8 Å². The molecule has 1 heterocycles. The van der Waals surface area contributed by atoms with Gasteiger partial charge in [0.15, 0.2) is 5.82 Å². The zero-order chi connectivity index (χ0) is 14.0. The summed E-state index contributed by atoms with van der Waals surface area (Å²) in [6, 6.07) is 8.04. The third-order valence-corrected chi connectivity index (χ3v) is 3.29. The second-order valence-electron chi connectivity index (χ2n) is 5.45. The molecule has 1 aromatic carbocycles. The fourth-order valence-electron chi connectivity index (χ4n) is 2.19. The van der Waals surface area contributed by atoms with Crippen LogP contribution in [0.1, 0.15) is 49.8 Å². The van der Waals surface area contributed by atoms with Crippen molar-refractivity contribution in [3.05, 3.63) is 41.5 Å². The van der Waals surface area contributed by atoms with E-state index in [1.165, 1.54) is 5.56 Å². The molecule has 0 bridgehead atoms. The quantitative estimate of drug-likeness (QED) is 0.858. The maximum atomic E-state index is 5.70. The Morgan fingerprint density at radius 2 is 1.79 bits per heavy atom. The normalized spacial score (nSPS) is 12.9. The van der Waals surface area contributed by atoms with Gasteiger partial charge in [-0.05, 0) is 24.1 Å². The Hall–Kier alpha value is -1.84. The molecule has 4 heteroatoms. The summed E-state index contributed by atoms with van der Waals surface area (Å²) in [7, 11) is 1.97. The highest BCUT2D eigenvalue weighted by atomic mass is 15.3. The highest BCUT2D eigenvalue weighted by Crippen LogP contribution is 2.21. The lowest BCUT2D eigenvalue weighted by molar-refractivity contribution is 0.618. The molecule has 0 aliphatic carbocycles. The number of rotatable bonds is 4. The third kappa shape index (κ3) is 3.13. The summed E-state index contributed by atoms with van der Waals surface area (Å²) in [5.74, 6) is 2.67. The number of nitrogens with zero attached hydrogens (tertiary/aromatic N) is 3. The Bertz CT molecular complexity index is 540. The number of benzene rings is 1. The monoisotopic (exact) mass is 258 g/mol. The van der Waals surface area contributed by atoms with Crippen molar-refractivity contribution in [1.82, 2.24) is 14.8 Å². The van der Waals surface area contributed by atoms with Crippen molar-refractivity contribution in [3.8, 4) is 0 Å². The molecule has 1 atom stereocenters. The fourth-order valence-corrected chi connectivity index (χ4v) is 2.19. The molecule has 0 aliphatic heterocycles. The molecular formula is C15H22N4. The molecule has 0 spiro atoms. The van der Waals surface area contributed by atoms with Crippen molar-refractivity contribution >= 4 is 5.69 Å². The maximum Gasteiger partial charge on any atom is 0.153 e. The van der Waals surface area contributed by atoms with Crippen LogP contribution in [0.25, 0.3) is 0 Å². The Morgan fingerprint density at radius 1 is 1.16 bits per heavy atom. The van der Waals surface area contributed by atoms with Crippen LogP contribution in [0.5, 0.6) is 0 Å². The van der Waals surface area contributed by atoms with Crippen molar-refractivity contribution in [2.45, 2.75) is 39.0 Å². The molecule has 0 saturated carbocycles. The van der Waals surface area contributed by atoms with Gasteiger partial charge >= 0.3 is 0 Å². The van der Waals surface area contributed by atoms with E-state index in [0.29, 0.717) is 11.8 Å². The minimum Gasteiger partial charge on any atom is -0.399 e. The first-order valence-corrected chi connectivity index (χ1v) is 6.72. The molecule has 2 aromatic rings. The van der Waals surface area contributed by atoms with Gasteiger partial charge in [0.25, 0.3) is 0 Å². The lowest BCUT2D eigenvalue weighted by Gasteiger charge is -2.10. The SMILES string of the molecule is CC(C)c1nc(C(C)Cc2ccc(N)cc2)n(C)n1. The Morgan fingerprint density at radius 3 is 2.32 bits per heavy atom. The Labute approximate surface area is 114 Å². The molecule has 2 N–H and O–H groups in total. The van der Waals surface area contributed by atoms with Crippen molar-refractivity contribution in [3.63, 3.8) is 0 Å². The predicted molar refractivity (Wildman–Crippen MR) is 78.1 cm³/mol. The summed E-state index contributed by atoms with van der Waals surface area (Å²) >= 11 is 0. The first-order chi connectivity index (χ1) is 8.97. The molecule has 0 amide bonds. The average molecular weight is 258 g/mol. The molecule has 19 heavy (non-hydrogen) atoms. The Balaban J connectivity index is 2.15. The average Bonchev–Trinajstić information content (AvgIpc) is 2.74. The molecule has 4 nitrogen and oxygen atoms in total. The predicted octanol–water partition coefficient (Wildman–Crippen LogP) is 2.87. The van der Waals surface area contributed by atoms with Crippen LogP contribution in [0.3, 0.4) is 0 Å². The number of hydrogen-bond acceptors (Lipinski definition) is 3. The van der Waals surface area contributed by atoms with E-state index >= 15 is 0 Å². The van der Waals surface area contributed by atoms with Crippen molar-refractivity contribution in [1.29, 1.82) is 0 Å². The number of aryl methyl sites for hydroxylation is 1. The lowest BCUT2D eigenvalue weighted by Crippen LogP contribution is -2.07. The van der Waals surface area contributed by atoms with Crippen molar-refractivity contribution in [2.75, 3.05) is 5.73 Å². The third-order valence-electron chi connectivity index (χ3n) is 3.29. The second kappa shape index (κ2) is 5.43. The van der Waals surface area contributed by atoms with Gasteiger partial charge in [0.1, 0.15) is 5.82 Å². The van der Waals surface area contributed by atoms with Crippen LogP contribution in [0, 0.1) is 0 Å². The van der Waals surface area contributed by atoms with Gasteiger partial charge in [0.05, 0.1) is 0 Å². The lowest BCUT2D eigenvalue weighted by atomic mass is 10.0. The molecule has 1 aromatic heterocycles. The van der Waals surface area contributed by atoms with Crippen LogP contribution in [0.4, 0.5) is 5.69 Å².